The van der Waals surface area contributed by atoms with E-state index in [1.54, 1.807) is 0 Å². The molecule has 1 atom stereocenters. The third-order valence-corrected chi connectivity index (χ3v) is 4.11. The van der Waals surface area contributed by atoms with Crippen molar-refractivity contribution in [3.05, 3.63) is 63.7 Å². The maximum Gasteiger partial charge on any atom is 2.00 e. The molecular weight excluding hydrogens is 356 g/mol. The summed E-state index contributed by atoms with van der Waals surface area (Å²) in [5, 5.41) is 0.222. The number of carbonyl (C=O) groups is 1. The van der Waals surface area contributed by atoms with Crippen LogP contribution < -0.4 is 0 Å². The summed E-state index contributed by atoms with van der Waals surface area (Å²) in [5.41, 5.74) is 0. The van der Waals surface area contributed by atoms with Crippen molar-refractivity contribution in [2.75, 3.05) is 5.88 Å². The predicted octanol–water partition coefficient (Wildman–Crippen LogP) is 4.71. The van der Waals surface area contributed by atoms with E-state index in [-0.39, 0.29) is 32.8 Å². The normalized spacial score (nSPS) is 20.0. The van der Waals surface area contributed by atoms with Crippen LogP contribution in [0, 0.1) is 69.6 Å². The second kappa shape index (κ2) is 12.2. The van der Waals surface area contributed by atoms with Gasteiger partial charge in [-0.3, -0.25) is 4.79 Å². The summed E-state index contributed by atoms with van der Waals surface area (Å²) < 4.78 is -0.0139. The molecule has 0 aromatic rings. The Labute approximate surface area is 157 Å². The van der Waals surface area contributed by atoms with Crippen LogP contribution in [0.2, 0.25) is 0 Å². The number of hydrogen-bond donors (Lipinski definition) is 0. The molecule has 2 aliphatic carbocycles. The van der Waals surface area contributed by atoms with E-state index in [0.29, 0.717) is 12.3 Å². The van der Waals surface area contributed by atoms with Crippen LogP contribution in [-0.4, -0.2) is 15.7 Å². The van der Waals surface area contributed by atoms with E-state index in [2.05, 4.69) is 0 Å². The van der Waals surface area contributed by atoms with Crippen molar-refractivity contribution in [2.24, 2.45) is 5.92 Å². The van der Waals surface area contributed by atoms with E-state index in [9.17, 15) is 4.79 Å². The Bertz CT molecular complexity index is 286. The van der Waals surface area contributed by atoms with E-state index in [1.165, 1.54) is 11.8 Å². The van der Waals surface area contributed by atoms with Crippen molar-refractivity contribution in [2.45, 2.75) is 31.9 Å². The minimum Gasteiger partial charge on any atom is -0.287 e. The Kier molecular flexibility index (Phi) is 12.7. The monoisotopic (exact) mass is 378 g/mol. The molecule has 0 spiro atoms. The van der Waals surface area contributed by atoms with Gasteiger partial charge in [-0.15, -0.1) is 11.6 Å². The van der Waals surface area contributed by atoms with Gasteiger partial charge in [0, 0.05) is 17.0 Å². The molecule has 22 heavy (non-hydrogen) atoms. The molecule has 0 bridgehead atoms. The summed E-state index contributed by atoms with van der Waals surface area (Å²) in [5.74, 6) is 1.82. The Morgan fingerprint density at radius 1 is 1.05 bits per heavy atom. The van der Waals surface area contributed by atoms with E-state index < -0.39 is 0 Å². The smallest absolute Gasteiger partial charge is 0.287 e. The van der Waals surface area contributed by atoms with Crippen molar-refractivity contribution >= 4 is 28.5 Å². The first kappa shape index (κ1) is 22.8. The molecule has 10 radical (unpaired) electrons. The van der Waals surface area contributed by atoms with E-state index in [0.717, 1.165) is 5.92 Å². The number of hydrogen-bond acceptors (Lipinski definition) is 2. The first-order chi connectivity index (χ1) is 9.92. The average Bonchev–Trinajstić information content (AvgIpc) is 3.08. The number of alkyl halides is 1. The van der Waals surface area contributed by atoms with Crippen LogP contribution >= 0.6 is 23.4 Å². The van der Waals surface area contributed by atoms with E-state index >= 15 is 0 Å². The van der Waals surface area contributed by atoms with Crippen molar-refractivity contribution in [3.8, 4) is 0 Å². The summed E-state index contributed by atoms with van der Waals surface area (Å²) in [6.07, 6.45) is 18.5. The number of halogens is 1. The Balaban J connectivity index is 0.000000622. The van der Waals surface area contributed by atoms with E-state index in [4.69, 9.17) is 11.6 Å². The van der Waals surface area contributed by atoms with Gasteiger partial charge in [0.25, 0.3) is 0 Å². The Hall–Kier alpha value is 0.829. The van der Waals surface area contributed by atoms with Gasteiger partial charge < -0.3 is 0 Å². The van der Waals surface area contributed by atoms with Gasteiger partial charge in [0.15, 0.2) is 5.12 Å². The van der Waals surface area contributed by atoms with Gasteiger partial charge in [-0.2, -0.15) is 0 Å². The molecule has 2 aliphatic rings. The zero-order valence-electron chi connectivity index (χ0n) is 13.2. The van der Waals surface area contributed by atoms with Crippen LogP contribution in [0.15, 0.2) is 0 Å². The Morgan fingerprint density at radius 3 is 1.86 bits per heavy atom. The molecule has 0 N–H and O–H groups in total. The molecule has 2 fully saturated rings. The fourth-order valence-corrected chi connectivity index (χ4v) is 3.08. The predicted molar refractivity (Wildman–Crippen MR) is 93.1 cm³/mol. The van der Waals surface area contributed by atoms with Crippen LogP contribution in [0.25, 0.3) is 0 Å². The third kappa shape index (κ3) is 10.6. The van der Waals surface area contributed by atoms with Gasteiger partial charge in [0.2, 0.25) is 0 Å². The molecule has 0 aromatic carbocycles. The zero-order valence-corrected chi connectivity index (χ0v) is 15.9. The Morgan fingerprint density at radius 2 is 1.50 bits per heavy atom. The quantitative estimate of drug-likeness (QED) is 0.520. The largest absolute Gasteiger partial charge is 2.00 e. The summed E-state index contributed by atoms with van der Waals surface area (Å²) in [6.45, 7) is 6.15. The van der Waals surface area contributed by atoms with Gasteiger partial charge in [-0.05, 0) is 69.6 Å². The topological polar surface area (TPSA) is 17.1 Å². The number of rotatable bonds is 4. The molecule has 0 saturated heterocycles. The molecule has 1 nitrogen and oxygen atoms in total. The minimum atomic E-state index is -0.0139. The van der Waals surface area contributed by atoms with Gasteiger partial charge >= 0.3 is 17.1 Å². The molecule has 0 heterocycles. The third-order valence-electron chi connectivity index (χ3n) is 2.73. The molecule has 2 rings (SSSR count). The fourth-order valence-electron chi connectivity index (χ4n) is 1.83. The zero-order chi connectivity index (χ0) is 15.7. The average molecular weight is 379 g/mol. The summed E-state index contributed by atoms with van der Waals surface area (Å²) in [4.78, 5) is 11.8. The standard InChI is InChI=1S/C13H18ClOS.C5H5.Fe/c1-13(2,3)16-12(15)8-11(9-14)10-6-4-5-7-10;1-2-4-5-3-1;/h4-7,11H,8-9H2,1-3H3;1-5H;/q;;+2/t11-;;/m1../s1. The van der Waals surface area contributed by atoms with Crippen molar-refractivity contribution in [1.82, 2.24) is 0 Å². The molecule has 4 heteroatoms. The van der Waals surface area contributed by atoms with Crippen LogP contribution in [0.1, 0.15) is 27.2 Å². The van der Waals surface area contributed by atoms with Crippen molar-refractivity contribution < 1.29 is 21.9 Å². The maximum atomic E-state index is 11.8. The molecule has 0 amide bonds. The second-order valence-electron chi connectivity index (χ2n) is 5.82. The summed E-state index contributed by atoms with van der Waals surface area (Å²) >= 11 is 7.31. The fraction of sp³-hybridized carbons (Fsp3) is 0.389. The number of thioether (sulfide) groups is 1. The van der Waals surface area contributed by atoms with Gasteiger partial charge in [0.1, 0.15) is 0 Å². The molecule has 2 saturated carbocycles. The van der Waals surface area contributed by atoms with E-state index in [1.807, 2.05) is 78.6 Å². The van der Waals surface area contributed by atoms with Crippen LogP contribution in [-0.2, 0) is 21.9 Å². The first-order valence-corrected chi connectivity index (χ1v) is 8.43. The molecule has 0 aliphatic heterocycles. The molecule has 0 aromatic heterocycles. The van der Waals surface area contributed by atoms with Crippen molar-refractivity contribution in [1.29, 1.82) is 0 Å². The molecule has 0 unspecified atom stereocenters. The molecular formula is C18H23ClFeOS+2. The first-order valence-electron chi connectivity index (χ1n) is 7.08. The van der Waals surface area contributed by atoms with Crippen LogP contribution in [0.4, 0.5) is 0 Å². The molecule has 120 valence electrons. The SMILES string of the molecule is CC(C)(C)SC(=O)C[C@H](CCl)[C]1[CH][CH][CH][CH]1.[CH]1[CH][CH][CH][CH]1.[Fe+2]. The maximum absolute atomic E-state index is 11.8. The number of carbonyl (C=O) groups excluding carboxylic acids is 1. The second-order valence-corrected chi connectivity index (χ2v) is 8.02. The minimum absolute atomic E-state index is 0. The van der Waals surface area contributed by atoms with Crippen LogP contribution in [0.5, 0.6) is 0 Å². The van der Waals surface area contributed by atoms with Gasteiger partial charge in [0.05, 0.1) is 0 Å². The van der Waals surface area contributed by atoms with Gasteiger partial charge in [-0.25, -0.2) is 0 Å². The summed E-state index contributed by atoms with van der Waals surface area (Å²) in [6, 6.07) is 0. The van der Waals surface area contributed by atoms with Crippen molar-refractivity contribution in [3.63, 3.8) is 0 Å². The summed E-state index contributed by atoms with van der Waals surface area (Å²) in [7, 11) is 0. The van der Waals surface area contributed by atoms with Gasteiger partial charge in [-0.1, -0.05) is 32.5 Å². The van der Waals surface area contributed by atoms with Crippen LogP contribution in [0.3, 0.4) is 0 Å².